The van der Waals surface area contributed by atoms with Crippen LogP contribution in [-0.2, 0) is 4.74 Å². The molecule has 0 amide bonds. The van der Waals surface area contributed by atoms with Gasteiger partial charge in [0.15, 0.2) is 12.1 Å². The molecule has 0 spiro atoms. The number of aromatic nitrogens is 2. The van der Waals surface area contributed by atoms with E-state index in [0.717, 1.165) is 0 Å². The van der Waals surface area contributed by atoms with Gasteiger partial charge in [0.2, 0.25) is 0 Å². The summed E-state index contributed by atoms with van der Waals surface area (Å²) in [5, 5.41) is 30.3. The Morgan fingerprint density at radius 2 is 2.32 bits per heavy atom. The summed E-state index contributed by atoms with van der Waals surface area (Å²) in [6.07, 6.45) is -1.66. The van der Waals surface area contributed by atoms with Gasteiger partial charge < -0.3 is 31.5 Å². The second-order valence-corrected chi connectivity index (χ2v) is 5.45. The smallest absolute Gasteiger partial charge is 0.168 e. The number of aliphatic imine (C=N–C) groups is 1. The van der Waals surface area contributed by atoms with Crippen LogP contribution in [0.25, 0.3) is 0 Å². The van der Waals surface area contributed by atoms with Crippen LogP contribution in [0, 0.1) is 0 Å². The van der Waals surface area contributed by atoms with Crippen molar-refractivity contribution in [2.75, 3.05) is 5.73 Å². The van der Waals surface area contributed by atoms with Gasteiger partial charge in [-0.15, -0.1) is 0 Å². The number of aliphatic hydroxyl groups is 3. The van der Waals surface area contributed by atoms with Crippen molar-refractivity contribution in [3.8, 4) is 0 Å². The Bertz CT molecular complexity index is 595. The van der Waals surface area contributed by atoms with E-state index in [2.05, 4.69) is 16.6 Å². The van der Waals surface area contributed by atoms with Crippen LogP contribution in [0.4, 0.5) is 5.82 Å². The van der Waals surface area contributed by atoms with E-state index in [1.54, 1.807) is 0 Å². The fourth-order valence-corrected chi connectivity index (χ4v) is 2.48. The van der Waals surface area contributed by atoms with Crippen molar-refractivity contribution < 1.29 is 20.1 Å². The van der Waals surface area contributed by atoms with Crippen LogP contribution in [-0.4, -0.2) is 54.6 Å². The number of ether oxygens (including phenoxy) is 1. The predicted octanol–water partition coefficient (Wildman–Crippen LogP) is -1.30. The van der Waals surface area contributed by atoms with Gasteiger partial charge in [0.05, 0.1) is 12.4 Å². The lowest BCUT2D eigenvalue weighted by Crippen LogP contribution is -2.45. The third-order valence-electron chi connectivity index (χ3n) is 3.73. The lowest BCUT2D eigenvalue weighted by atomic mass is 9.94. The summed E-state index contributed by atoms with van der Waals surface area (Å²) in [6, 6.07) is 0. The van der Waals surface area contributed by atoms with Crippen molar-refractivity contribution in [2.45, 2.75) is 44.0 Å². The van der Waals surface area contributed by atoms with Crippen LogP contribution in [0.2, 0.25) is 0 Å². The molecule has 0 unspecified atom stereocenters. The van der Waals surface area contributed by atoms with E-state index in [4.69, 9.17) is 16.2 Å². The summed E-state index contributed by atoms with van der Waals surface area (Å²) >= 11 is 0. The highest BCUT2D eigenvalue weighted by atomic mass is 16.6. The van der Waals surface area contributed by atoms with Crippen LogP contribution in [0.1, 0.15) is 25.8 Å². The molecule has 5 atom stereocenters. The molecule has 0 radical (unpaired) electrons. The van der Waals surface area contributed by atoms with E-state index in [-0.39, 0.29) is 17.3 Å². The summed E-state index contributed by atoms with van der Waals surface area (Å²) < 4.78 is 6.90. The van der Waals surface area contributed by atoms with Crippen molar-refractivity contribution in [1.29, 1.82) is 0 Å². The Morgan fingerprint density at radius 3 is 2.82 bits per heavy atom. The second kappa shape index (κ2) is 5.69. The van der Waals surface area contributed by atoms with Gasteiger partial charge in [-0.1, -0.05) is 6.58 Å². The maximum absolute atomic E-state index is 10.5. The zero-order valence-corrected chi connectivity index (χ0v) is 12.4. The number of imidazole rings is 1. The summed E-state index contributed by atoms with van der Waals surface area (Å²) in [6.45, 7) is 6.29. The first-order chi connectivity index (χ1) is 10.2. The van der Waals surface area contributed by atoms with E-state index in [1.165, 1.54) is 30.9 Å². The lowest BCUT2D eigenvalue weighted by molar-refractivity contribution is -0.0994. The SMILES string of the molecule is C=C/N=C(/N)c1ncn([C@@H]2O[C@H]([C@@H](C)O)[C@@H](O)[C@@]2(C)O)c1N. The molecular weight excluding hydrogens is 290 g/mol. The predicted molar refractivity (Wildman–Crippen MR) is 79.8 cm³/mol. The maximum Gasteiger partial charge on any atom is 0.168 e. The average molecular weight is 311 g/mol. The van der Waals surface area contributed by atoms with Gasteiger partial charge in [-0.2, -0.15) is 0 Å². The molecule has 2 rings (SSSR count). The Labute approximate surface area is 127 Å². The first-order valence-electron chi connectivity index (χ1n) is 6.72. The molecule has 22 heavy (non-hydrogen) atoms. The molecule has 2 heterocycles. The number of anilines is 1. The lowest BCUT2D eigenvalue weighted by Gasteiger charge is -2.27. The van der Waals surface area contributed by atoms with E-state index in [1.807, 2.05) is 0 Å². The Hall–Kier alpha value is -1.94. The van der Waals surface area contributed by atoms with Crippen LogP contribution in [0.15, 0.2) is 24.1 Å². The fourth-order valence-electron chi connectivity index (χ4n) is 2.48. The number of nitrogens with two attached hydrogens (primary N) is 2. The highest BCUT2D eigenvalue weighted by Gasteiger charge is 2.54. The number of aliphatic hydroxyl groups excluding tert-OH is 2. The fraction of sp³-hybridized carbons (Fsp3) is 0.538. The number of amidine groups is 1. The standard InChI is InChI=1S/C13H21N5O4/c1-4-16-10(14)7-11(15)18(5-17-7)12-13(3,21)9(20)8(22-12)6(2)19/h4-6,8-9,12,19-21H,1,15H2,2-3H3,(H2,14,16)/t6-,8-,9-,12-,13-/m1/s1. The first kappa shape index (κ1) is 16.4. The molecule has 0 bridgehead atoms. The van der Waals surface area contributed by atoms with Gasteiger partial charge in [0, 0.05) is 6.20 Å². The monoisotopic (exact) mass is 311 g/mol. The molecule has 0 saturated carbocycles. The second-order valence-electron chi connectivity index (χ2n) is 5.45. The molecule has 1 fully saturated rings. The highest BCUT2D eigenvalue weighted by Crippen LogP contribution is 2.40. The minimum atomic E-state index is -1.67. The first-order valence-corrected chi connectivity index (χ1v) is 6.72. The summed E-state index contributed by atoms with van der Waals surface area (Å²) in [5.74, 6) is 0.184. The average Bonchev–Trinajstić information content (AvgIpc) is 2.90. The van der Waals surface area contributed by atoms with Crippen molar-refractivity contribution in [1.82, 2.24) is 9.55 Å². The van der Waals surface area contributed by atoms with Crippen molar-refractivity contribution >= 4 is 11.7 Å². The van der Waals surface area contributed by atoms with Gasteiger partial charge in [0.25, 0.3) is 0 Å². The van der Waals surface area contributed by atoms with Gasteiger partial charge >= 0.3 is 0 Å². The normalized spacial score (nSPS) is 33.9. The molecule has 1 aliphatic rings. The van der Waals surface area contributed by atoms with Crippen molar-refractivity contribution in [3.05, 3.63) is 24.8 Å². The number of rotatable bonds is 4. The van der Waals surface area contributed by atoms with Crippen LogP contribution in [0.5, 0.6) is 0 Å². The van der Waals surface area contributed by atoms with Gasteiger partial charge in [0.1, 0.15) is 29.3 Å². The number of nitrogens with zero attached hydrogens (tertiary/aromatic N) is 3. The summed E-state index contributed by atoms with van der Waals surface area (Å²) in [4.78, 5) is 7.84. The molecule has 1 aliphatic heterocycles. The Kier molecular flexibility index (Phi) is 4.25. The third-order valence-corrected chi connectivity index (χ3v) is 3.73. The molecule has 9 heteroatoms. The van der Waals surface area contributed by atoms with E-state index in [9.17, 15) is 15.3 Å². The van der Waals surface area contributed by atoms with Gasteiger partial charge in [-0.3, -0.25) is 4.57 Å². The van der Waals surface area contributed by atoms with Crippen LogP contribution < -0.4 is 11.5 Å². The Balaban J connectivity index is 2.41. The zero-order valence-electron chi connectivity index (χ0n) is 12.4. The zero-order chi connectivity index (χ0) is 16.7. The largest absolute Gasteiger partial charge is 0.391 e. The van der Waals surface area contributed by atoms with Crippen molar-refractivity contribution in [2.24, 2.45) is 10.7 Å². The molecule has 1 saturated heterocycles. The van der Waals surface area contributed by atoms with E-state index >= 15 is 0 Å². The summed E-state index contributed by atoms with van der Waals surface area (Å²) in [5.41, 5.74) is 10.2. The van der Waals surface area contributed by atoms with Crippen molar-refractivity contribution in [3.63, 3.8) is 0 Å². The van der Waals surface area contributed by atoms with E-state index in [0.29, 0.717) is 0 Å². The highest BCUT2D eigenvalue weighted by molar-refractivity contribution is 5.99. The van der Waals surface area contributed by atoms with Gasteiger partial charge in [-0.25, -0.2) is 9.98 Å². The molecule has 122 valence electrons. The number of hydrogen-bond donors (Lipinski definition) is 5. The molecule has 0 aliphatic carbocycles. The van der Waals surface area contributed by atoms with Crippen LogP contribution >= 0.6 is 0 Å². The summed E-state index contributed by atoms with van der Waals surface area (Å²) in [7, 11) is 0. The molecule has 1 aromatic rings. The molecular formula is C13H21N5O4. The third kappa shape index (κ3) is 2.48. The maximum atomic E-state index is 10.5. The molecule has 0 aromatic carbocycles. The topological polar surface area (TPSA) is 152 Å². The van der Waals surface area contributed by atoms with Gasteiger partial charge in [-0.05, 0) is 13.8 Å². The number of nitrogen functional groups attached to an aromatic ring is 1. The molecule has 7 N–H and O–H groups in total. The minimum absolute atomic E-state index is 0.0662. The molecule has 1 aromatic heterocycles. The van der Waals surface area contributed by atoms with E-state index < -0.39 is 30.1 Å². The minimum Gasteiger partial charge on any atom is -0.391 e. The molecule has 9 nitrogen and oxygen atoms in total. The quantitative estimate of drug-likeness (QED) is 0.342. The number of hydrogen-bond acceptors (Lipinski definition) is 7. The Morgan fingerprint density at radius 1 is 1.68 bits per heavy atom. The van der Waals surface area contributed by atoms with Crippen LogP contribution in [0.3, 0.4) is 0 Å².